The molecule has 0 radical (unpaired) electrons. The fourth-order valence-electron chi connectivity index (χ4n) is 18.1. The van der Waals surface area contributed by atoms with E-state index in [0.717, 1.165) is 81.7 Å². The van der Waals surface area contributed by atoms with Gasteiger partial charge in [-0.05, 0) is 119 Å². The van der Waals surface area contributed by atoms with Crippen LogP contribution in [-0.4, -0.2) is 137 Å². The molecule has 0 unspecified atom stereocenters. The third kappa shape index (κ3) is 19.2. The summed E-state index contributed by atoms with van der Waals surface area (Å²) in [6.07, 6.45) is -14.7. The molecular formula is C76H99N9O21S3. The molecule has 6 amide bonds. The Balaban J connectivity index is 0.961. The van der Waals surface area contributed by atoms with Gasteiger partial charge in [0.25, 0.3) is 11.8 Å². The monoisotopic (exact) mass is 1570 g/mol. The predicted octanol–water partition coefficient (Wildman–Crippen LogP) is 8.38. The number of carbonyl (C=O) groups excluding carboxylic acids is 12. The first-order valence-electron chi connectivity index (χ1n) is 36.4. The van der Waals surface area contributed by atoms with Crippen LogP contribution in [0.2, 0.25) is 0 Å². The number of hydrogen-bond donors (Lipinski definition) is 9. The van der Waals surface area contributed by atoms with E-state index in [1.165, 1.54) is 0 Å². The van der Waals surface area contributed by atoms with Crippen LogP contribution in [-0.2, 0) is 105 Å². The quantitative estimate of drug-likeness (QED) is 0.0101. The van der Waals surface area contributed by atoms with Crippen LogP contribution in [0.25, 0.3) is 0 Å². The van der Waals surface area contributed by atoms with Gasteiger partial charge in [-0.3, -0.25) is 73.5 Å². The minimum absolute atomic E-state index is 0.0343. The highest BCUT2D eigenvalue weighted by Gasteiger charge is 2.71. The summed E-state index contributed by atoms with van der Waals surface area (Å²) in [6, 6.07) is 27.9. The first kappa shape index (κ1) is 84.0. The van der Waals surface area contributed by atoms with Gasteiger partial charge < -0.3 is 42.6 Å². The molecule has 30 nitrogen and oxygen atoms in total. The minimum Gasteiger partial charge on any atom is -0.455 e. The summed E-state index contributed by atoms with van der Waals surface area (Å²) in [5.74, 6) is -9.23. The predicted molar refractivity (Wildman–Crippen MR) is 397 cm³/mol. The van der Waals surface area contributed by atoms with Gasteiger partial charge in [-0.25, -0.2) is 16.3 Å². The van der Waals surface area contributed by atoms with Crippen molar-refractivity contribution in [1.82, 2.24) is 46.7 Å². The second kappa shape index (κ2) is 35.5. The van der Waals surface area contributed by atoms with Gasteiger partial charge >= 0.3 is 45.6 Å². The lowest BCUT2D eigenvalue weighted by molar-refractivity contribution is -0.370. The van der Waals surface area contributed by atoms with E-state index in [2.05, 4.69) is 74.4 Å². The Kier molecular flexibility index (Phi) is 27.3. The number of amides is 6. The highest BCUT2D eigenvalue weighted by Crippen LogP contribution is 2.75. The second-order valence-electron chi connectivity index (χ2n) is 31.0. The molecule has 6 fully saturated rings. The summed E-state index contributed by atoms with van der Waals surface area (Å²) in [6.45, 7) is 20.6. The lowest BCUT2D eigenvalue weighted by Crippen LogP contribution is -2.70. The number of hydrogen-bond acceptors (Lipinski definition) is 30. The van der Waals surface area contributed by atoms with Crippen molar-refractivity contribution in [3.63, 3.8) is 0 Å². The van der Waals surface area contributed by atoms with Crippen molar-refractivity contribution in [1.29, 1.82) is 0 Å². The minimum atomic E-state index is -2.23. The molecule has 5 aliphatic carbocycles. The Hall–Kier alpha value is -7.51. The van der Waals surface area contributed by atoms with E-state index in [1.54, 1.807) is 0 Å². The number of hydrazine groups is 3. The largest absolute Gasteiger partial charge is 0.455 e. The maximum Gasteiger partial charge on any atom is 0.303 e. The molecule has 109 heavy (non-hydrogen) atoms. The Morgan fingerprint density at radius 2 is 0.881 bits per heavy atom. The summed E-state index contributed by atoms with van der Waals surface area (Å²) in [4.78, 5) is 175. The van der Waals surface area contributed by atoms with E-state index in [4.69, 9.17) is 42.6 Å². The Bertz CT molecular complexity index is 3920. The molecule has 9 N–H and O–H groups in total. The van der Waals surface area contributed by atoms with E-state index >= 15 is 4.79 Å². The number of fused-ring (bicyclic) bond motifs is 7. The van der Waals surface area contributed by atoms with Crippen LogP contribution in [0, 0.1) is 50.2 Å². The first-order chi connectivity index (χ1) is 51.6. The molecule has 19 atom stereocenters. The molecule has 2 aliphatic heterocycles. The zero-order valence-electron chi connectivity index (χ0n) is 63.1. The molecular weight excluding hydrogens is 1470 g/mol. The maximum absolute atomic E-state index is 15.8. The highest BCUT2D eigenvalue weighted by molar-refractivity contribution is 8.12. The molecule has 33 heteroatoms. The number of ether oxygens (including phenoxy) is 9. The smallest absolute Gasteiger partial charge is 0.303 e. The van der Waals surface area contributed by atoms with Crippen LogP contribution in [0.1, 0.15) is 158 Å². The van der Waals surface area contributed by atoms with E-state index in [0.29, 0.717) is 69.0 Å². The molecule has 0 spiro atoms. The summed E-state index contributed by atoms with van der Waals surface area (Å²) in [5.41, 5.74) is 8.43. The molecule has 2 heterocycles. The molecule has 592 valence electrons. The van der Waals surface area contributed by atoms with Crippen molar-refractivity contribution < 1.29 is 100 Å². The van der Waals surface area contributed by atoms with Crippen molar-refractivity contribution >= 4 is 105 Å². The van der Waals surface area contributed by atoms with Gasteiger partial charge in [0.15, 0.2) is 67.2 Å². The van der Waals surface area contributed by atoms with Gasteiger partial charge in [0.1, 0.15) is 0 Å². The molecule has 3 aromatic rings. The van der Waals surface area contributed by atoms with Crippen molar-refractivity contribution in [2.24, 2.45) is 50.2 Å². The van der Waals surface area contributed by atoms with Gasteiger partial charge in [0.2, 0.25) is 5.91 Å². The normalized spacial score (nSPS) is 32.9. The lowest BCUT2D eigenvalue weighted by Gasteiger charge is -2.70. The fraction of sp³-hybridized carbons (Fsp3) is 0.579. The molecule has 4 saturated carbocycles. The number of imide groups is 3. The van der Waals surface area contributed by atoms with Gasteiger partial charge in [-0.15, -0.1) is 0 Å². The topological polar surface area (TPSA) is 396 Å². The zero-order valence-corrected chi connectivity index (χ0v) is 65.6. The van der Waals surface area contributed by atoms with Crippen LogP contribution in [0.4, 0.5) is 14.4 Å². The van der Waals surface area contributed by atoms with E-state index in [1.807, 2.05) is 118 Å². The van der Waals surface area contributed by atoms with Crippen LogP contribution < -0.4 is 46.7 Å². The third-order valence-corrected chi connectivity index (χ3v) is 25.0. The second-order valence-corrected chi connectivity index (χ2v) is 33.3. The number of ketones is 1. The Morgan fingerprint density at radius 1 is 0.468 bits per heavy atom. The third-order valence-electron chi connectivity index (χ3n) is 23.4. The average Bonchev–Trinajstić information content (AvgIpc) is 0.672. The molecule has 10 rings (SSSR count). The van der Waals surface area contributed by atoms with E-state index < -0.39 is 158 Å². The zero-order chi connectivity index (χ0) is 79.0. The van der Waals surface area contributed by atoms with Gasteiger partial charge in [0, 0.05) is 101 Å². The summed E-state index contributed by atoms with van der Waals surface area (Å²) in [7, 11) is 0. The van der Waals surface area contributed by atoms with E-state index in [-0.39, 0.29) is 48.5 Å². The van der Waals surface area contributed by atoms with Crippen LogP contribution in [0.5, 0.6) is 0 Å². The van der Waals surface area contributed by atoms with E-state index in [9.17, 15) is 52.7 Å². The van der Waals surface area contributed by atoms with Crippen LogP contribution in [0.15, 0.2) is 103 Å². The highest BCUT2D eigenvalue weighted by atomic mass is 32.2. The first-order valence-corrected chi connectivity index (χ1v) is 38.9. The molecule has 0 bridgehead atoms. The van der Waals surface area contributed by atoms with Crippen molar-refractivity contribution in [3.8, 4) is 0 Å². The summed E-state index contributed by atoms with van der Waals surface area (Å²) >= 11 is 1.59. The summed E-state index contributed by atoms with van der Waals surface area (Å²) < 4.78 is 56.1. The standard InChI is InChI=1S/C76H99N9O21S3/c1-41(86)98-54-56(100-43(3)88)60(102-45(5)90)66(105-59(54)64(93)81-69(96)108-84-78-39-47-24-18-14-19-25-47)106-61-57(101-44(4)89)55(99-42(2)87)58(63(92)80-68(95)107-83-77-38-46-22-16-13-17-23-46)104-65(61)103-53-29-30-74(10)52(71(53,6)7)28-31-76(12)62(74)51(91)36-49-50-37-73(9,33-32-72(50,8)34-35-75(49,76)11)67(94)82-70(97)109-85-79-40-48-26-20-15-21-27-48/h13-27,36,50,52-62,65-66,77-79,83-85H,28-35,37-40H2,1-12H3,(H,80,92,95)(H,81,93,96)(H,82,94,97)/t50-,52-,53-,54-,55-,56-,57-,58-,59-,60+,61+,62+,65-,66+,72+,73-,74-,75+,76+/m0/s1. The number of rotatable bonds is 24. The number of esters is 5. The number of nitrogens with one attached hydrogen (secondary N) is 9. The van der Waals surface area contributed by atoms with Crippen molar-refractivity contribution in [2.75, 3.05) is 0 Å². The van der Waals surface area contributed by atoms with Gasteiger partial charge in [0.05, 0.1) is 6.10 Å². The maximum atomic E-state index is 15.8. The van der Waals surface area contributed by atoms with Crippen molar-refractivity contribution in [2.45, 2.75) is 228 Å². The average molecular weight is 1570 g/mol. The Morgan fingerprint density at radius 3 is 1.34 bits per heavy atom. The van der Waals surface area contributed by atoms with Crippen LogP contribution >= 0.6 is 35.8 Å². The molecule has 0 aromatic heterocycles. The van der Waals surface area contributed by atoms with Gasteiger partial charge in [-0.1, -0.05) is 145 Å². The molecule has 3 aromatic carbocycles. The molecule has 2 saturated heterocycles. The number of allylic oxidation sites excluding steroid dienone is 2. The number of carbonyl (C=O) groups is 12. The van der Waals surface area contributed by atoms with Crippen LogP contribution in [0.3, 0.4) is 0 Å². The summed E-state index contributed by atoms with van der Waals surface area (Å²) in [5, 5.41) is 4.47. The Labute approximate surface area is 646 Å². The van der Waals surface area contributed by atoms with Gasteiger partial charge in [-0.2, -0.15) is 14.5 Å². The fourth-order valence-corrected chi connectivity index (χ4v) is 19.2. The lowest BCUT2D eigenvalue weighted by atomic mass is 9.33. The molecule has 7 aliphatic rings. The SMILES string of the molecule is CC(=O)O[C@@H]1[C@@H](OC(C)=O)[C@@H](O[C@H]2[C@@H](O[C@H]3CC[C@]4(C)[C@H]5C(=O)C=C6[C@@H]7C[C@@](C)(C(=O)NC(=O)SNNCc8ccccc8)CC[C@]7(C)CC[C@@]6(C)[C@]5(C)CC[C@H]4C3(C)C)O[C@H](C(=O)NC(=O)SNNCc3ccccc3)[C@@H](OC(C)=O)[C@@H]2OC(C)=O)O[C@H](C(=O)NC(=O)SNNCc2ccccc2)[C@H]1OC(C)=O. The number of benzene rings is 3. The van der Waals surface area contributed by atoms with Crippen molar-refractivity contribution in [3.05, 3.63) is 119 Å².